The topological polar surface area (TPSA) is 52.6 Å². The normalized spacial score (nSPS) is 30.3. The van der Waals surface area contributed by atoms with Gasteiger partial charge >= 0.3 is 11.9 Å². The molecule has 0 N–H and O–H groups in total. The number of esters is 2. The number of hydrogen-bond acceptors (Lipinski definition) is 4. The maximum Gasteiger partial charge on any atom is 0.344 e. The van der Waals surface area contributed by atoms with Gasteiger partial charge in [0.25, 0.3) is 0 Å². The van der Waals surface area contributed by atoms with Gasteiger partial charge in [0.1, 0.15) is 5.60 Å². The van der Waals surface area contributed by atoms with Gasteiger partial charge in [-0.2, -0.15) is 0 Å². The second-order valence-corrected chi connectivity index (χ2v) is 6.14. The summed E-state index contributed by atoms with van der Waals surface area (Å²) >= 11 is 0. The van der Waals surface area contributed by atoms with Crippen molar-refractivity contribution in [3.8, 4) is 0 Å². The second kappa shape index (κ2) is 4.90. The van der Waals surface area contributed by atoms with Crippen LogP contribution in [0.5, 0.6) is 0 Å². The average Bonchev–Trinajstić information content (AvgIpc) is 2.87. The molecule has 102 valence electrons. The molecule has 3 atom stereocenters. The summed E-state index contributed by atoms with van der Waals surface area (Å²) in [7, 11) is 0. The van der Waals surface area contributed by atoms with Gasteiger partial charge in [0, 0.05) is 12.8 Å². The Bertz CT molecular complexity index is 348. The lowest BCUT2D eigenvalue weighted by molar-refractivity contribution is -0.172. The van der Waals surface area contributed by atoms with E-state index in [-0.39, 0.29) is 6.61 Å². The van der Waals surface area contributed by atoms with Crippen molar-refractivity contribution in [1.82, 2.24) is 0 Å². The lowest BCUT2D eigenvalue weighted by Gasteiger charge is -2.36. The van der Waals surface area contributed by atoms with Crippen molar-refractivity contribution >= 4 is 11.9 Å². The zero-order chi connectivity index (χ0) is 13.3. The van der Waals surface area contributed by atoms with E-state index in [0.29, 0.717) is 11.8 Å². The monoisotopic (exact) mass is 254 g/mol. The van der Waals surface area contributed by atoms with E-state index < -0.39 is 17.5 Å². The molecule has 0 aromatic carbocycles. The number of carbonyl (C=O) groups is 2. The first-order chi connectivity index (χ1) is 8.38. The Morgan fingerprint density at radius 1 is 1.22 bits per heavy atom. The molecule has 0 aromatic heterocycles. The highest BCUT2D eigenvalue weighted by molar-refractivity contribution is 5.75. The van der Waals surface area contributed by atoms with Crippen LogP contribution >= 0.6 is 0 Å². The highest BCUT2D eigenvalue weighted by Crippen LogP contribution is 2.52. The molecule has 0 radical (unpaired) electrons. The third-order valence-electron chi connectivity index (χ3n) is 4.40. The molecule has 2 rings (SSSR count). The summed E-state index contributed by atoms with van der Waals surface area (Å²) < 4.78 is 10.2. The Morgan fingerprint density at radius 3 is 2.44 bits per heavy atom. The highest BCUT2D eigenvalue weighted by atomic mass is 16.6. The molecule has 2 bridgehead atoms. The number of fused-ring (bicyclic) bond motifs is 2. The molecule has 3 unspecified atom stereocenters. The summed E-state index contributed by atoms with van der Waals surface area (Å²) in [5.41, 5.74) is -0.447. The van der Waals surface area contributed by atoms with E-state index in [9.17, 15) is 9.59 Å². The van der Waals surface area contributed by atoms with Crippen molar-refractivity contribution in [1.29, 1.82) is 0 Å². The van der Waals surface area contributed by atoms with Crippen LogP contribution in [0.2, 0.25) is 0 Å². The van der Waals surface area contributed by atoms with E-state index in [4.69, 9.17) is 4.74 Å². The minimum Gasteiger partial charge on any atom is -0.457 e. The Balaban J connectivity index is 1.87. The fraction of sp³-hybridized carbons (Fsp3) is 0.857. The largest absolute Gasteiger partial charge is 0.457 e. The zero-order valence-electron chi connectivity index (χ0n) is 11.4. The van der Waals surface area contributed by atoms with Crippen molar-refractivity contribution < 1.29 is 19.1 Å². The van der Waals surface area contributed by atoms with E-state index >= 15 is 0 Å². The maximum atomic E-state index is 11.6. The summed E-state index contributed by atoms with van der Waals surface area (Å²) in [6, 6.07) is 0. The lowest BCUT2D eigenvalue weighted by atomic mass is 9.78. The van der Waals surface area contributed by atoms with E-state index in [1.807, 2.05) is 13.8 Å². The van der Waals surface area contributed by atoms with Gasteiger partial charge in [0.05, 0.1) is 0 Å². The summed E-state index contributed by atoms with van der Waals surface area (Å²) in [6.45, 7) is 4.96. The SMILES string of the molecule is CC(=O)OCC(=O)OC(C)(C)C1CC2CCC1C2. The number of ether oxygens (including phenoxy) is 2. The van der Waals surface area contributed by atoms with E-state index in [2.05, 4.69) is 4.74 Å². The molecular formula is C14H22O4. The van der Waals surface area contributed by atoms with Crippen molar-refractivity contribution in [3.63, 3.8) is 0 Å². The van der Waals surface area contributed by atoms with Gasteiger partial charge in [-0.05, 0) is 44.9 Å². The molecule has 0 saturated heterocycles. The molecule has 0 amide bonds. The third kappa shape index (κ3) is 2.85. The molecule has 2 aliphatic carbocycles. The molecule has 2 aliphatic rings. The van der Waals surface area contributed by atoms with Crippen LogP contribution in [-0.2, 0) is 19.1 Å². The quantitative estimate of drug-likeness (QED) is 0.722. The van der Waals surface area contributed by atoms with Crippen molar-refractivity contribution in [2.75, 3.05) is 6.61 Å². The van der Waals surface area contributed by atoms with Crippen LogP contribution in [0.15, 0.2) is 0 Å². The average molecular weight is 254 g/mol. The van der Waals surface area contributed by atoms with Crippen LogP contribution < -0.4 is 0 Å². The number of hydrogen-bond donors (Lipinski definition) is 0. The fourth-order valence-corrected chi connectivity index (χ4v) is 3.66. The summed E-state index contributed by atoms with van der Waals surface area (Å²) in [5.74, 6) is 1.08. The fourth-order valence-electron chi connectivity index (χ4n) is 3.66. The molecule has 2 saturated carbocycles. The Labute approximate surface area is 108 Å². The molecule has 4 heteroatoms. The first-order valence-corrected chi connectivity index (χ1v) is 6.73. The predicted octanol–water partition coefficient (Wildman–Crippen LogP) is 2.31. The van der Waals surface area contributed by atoms with Gasteiger partial charge in [0.15, 0.2) is 6.61 Å². The Hall–Kier alpha value is -1.06. The summed E-state index contributed by atoms with van der Waals surface area (Å²) in [4.78, 5) is 22.3. The molecular weight excluding hydrogens is 232 g/mol. The first kappa shape index (κ1) is 13.4. The van der Waals surface area contributed by atoms with Gasteiger partial charge in [0.2, 0.25) is 0 Å². The molecule has 0 aliphatic heterocycles. The van der Waals surface area contributed by atoms with Crippen LogP contribution in [-0.4, -0.2) is 24.1 Å². The van der Waals surface area contributed by atoms with Gasteiger partial charge in [-0.25, -0.2) is 4.79 Å². The Morgan fingerprint density at radius 2 is 1.94 bits per heavy atom. The second-order valence-electron chi connectivity index (χ2n) is 6.14. The van der Waals surface area contributed by atoms with Crippen molar-refractivity contribution in [2.45, 2.75) is 52.1 Å². The molecule has 0 heterocycles. The van der Waals surface area contributed by atoms with Crippen LogP contribution in [0.1, 0.15) is 46.5 Å². The standard InChI is InChI=1S/C14H22O4/c1-9(15)17-8-13(16)18-14(2,3)12-7-10-4-5-11(12)6-10/h10-12H,4-8H2,1-3H3. The van der Waals surface area contributed by atoms with Gasteiger partial charge < -0.3 is 9.47 Å². The summed E-state index contributed by atoms with van der Waals surface area (Å²) in [5, 5.41) is 0. The zero-order valence-corrected chi connectivity index (χ0v) is 11.4. The minimum atomic E-state index is -0.454. The molecule has 2 fully saturated rings. The lowest BCUT2D eigenvalue weighted by Crippen LogP contribution is -2.40. The number of carbonyl (C=O) groups excluding carboxylic acids is 2. The van der Waals surface area contributed by atoms with E-state index in [1.165, 1.54) is 32.6 Å². The predicted molar refractivity (Wildman–Crippen MR) is 65.7 cm³/mol. The van der Waals surface area contributed by atoms with Gasteiger partial charge in [-0.1, -0.05) is 6.42 Å². The highest BCUT2D eigenvalue weighted by Gasteiger charge is 2.48. The Kier molecular flexibility index (Phi) is 3.64. The smallest absolute Gasteiger partial charge is 0.344 e. The third-order valence-corrected chi connectivity index (χ3v) is 4.40. The van der Waals surface area contributed by atoms with Crippen LogP contribution in [0.4, 0.5) is 0 Å². The maximum absolute atomic E-state index is 11.6. The van der Waals surface area contributed by atoms with Gasteiger partial charge in [-0.15, -0.1) is 0 Å². The molecule has 0 spiro atoms. The molecule has 18 heavy (non-hydrogen) atoms. The first-order valence-electron chi connectivity index (χ1n) is 6.73. The van der Waals surface area contributed by atoms with Gasteiger partial charge in [-0.3, -0.25) is 4.79 Å². The number of rotatable bonds is 4. The van der Waals surface area contributed by atoms with E-state index in [1.54, 1.807) is 0 Å². The molecule has 0 aromatic rings. The van der Waals surface area contributed by atoms with E-state index in [0.717, 1.165) is 5.92 Å². The molecule has 4 nitrogen and oxygen atoms in total. The van der Waals surface area contributed by atoms with Crippen LogP contribution in [0.25, 0.3) is 0 Å². The summed E-state index contributed by atoms with van der Waals surface area (Å²) in [6.07, 6.45) is 5.05. The van der Waals surface area contributed by atoms with Crippen LogP contribution in [0, 0.1) is 17.8 Å². The van der Waals surface area contributed by atoms with Crippen molar-refractivity contribution in [3.05, 3.63) is 0 Å². The minimum absolute atomic E-state index is 0.278. The van der Waals surface area contributed by atoms with Crippen molar-refractivity contribution in [2.24, 2.45) is 17.8 Å². The van der Waals surface area contributed by atoms with Crippen LogP contribution in [0.3, 0.4) is 0 Å².